The van der Waals surface area contributed by atoms with Crippen LogP contribution in [-0.4, -0.2) is 61.4 Å². The van der Waals surface area contributed by atoms with E-state index < -0.39 is 0 Å². The van der Waals surface area contributed by atoms with Crippen molar-refractivity contribution in [3.63, 3.8) is 0 Å². The van der Waals surface area contributed by atoms with Crippen LogP contribution in [0.15, 0.2) is 0 Å². The Balaban J connectivity index is 1.73. The molecule has 3 atom stereocenters. The topological polar surface area (TPSA) is 61.8 Å². The van der Waals surface area contributed by atoms with Gasteiger partial charge in [-0.1, -0.05) is 6.42 Å². The van der Waals surface area contributed by atoms with E-state index >= 15 is 0 Å². The third-order valence-electron chi connectivity index (χ3n) is 3.72. The maximum atomic E-state index is 11.9. The van der Waals surface area contributed by atoms with Gasteiger partial charge in [-0.05, 0) is 19.9 Å². The van der Waals surface area contributed by atoms with Crippen LogP contribution in [0.1, 0.15) is 19.3 Å². The molecule has 17 heavy (non-hydrogen) atoms. The van der Waals surface area contributed by atoms with Gasteiger partial charge in [-0.3, -0.25) is 4.79 Å². The SMILES string of the molecule is CN1CCOC(C(=O)NCC2CCCC2O)C1. The number of ether oxygens (including phenoxy) is 1. The number of nitrogens with one attached hydrogen (secondary N) is 1. The molecule has 2 fully saturated rings. The molecule has 0 aromatic heterocycles. The highest BCUT2D eigenvalue weighted by Gasteiger charge is 2.28. The lowest BCUT2D eigenvalue weighted by Gasteiger charge is -2.29. The van der Waals surface area contributed by atoms with Crippen molar-refractivity contribution in [3.8, 4) is 0 Å². The molecule has 2 rings (SSSR count). The number of aliphatic hydroxyl groups is 1. The summed E-state index contributed by atoms with van der Waals surface area (Å²) in [5.41, 5.74) is 0. The van der Waals surface area contributed by atoms with E-state index in [1.54, 1.807) is 0 Å². The third kappa shape index (κ3) is 3.40. The molecule has 98 valence electrons. The van der Waals surface area contributed by atoms with E-state index in [4.69, 9.17) is 4.74 Å². The summed E-state index contributed by atoms with van der Waals surface area (Å²) in [5.74, 6) is 0.177. The van der Waals surface area contributed by atoms with Crippen LogP contribution in [0.25, 0.3) is 0 Å². The van der Waals surface area contributed by atoms with Gasteiger partial charge in [-0.2, -0.15) is 0 Å². The number of aliphatic hydroxyl groups excluding tert-OH is 1. The molecule has 2 aliphatic rings. The largest absolute Gasteiger partial charge is 0.393 e. The van der Waals surface area contributed by atoms with E-state index in [0.29, 0.717) is 19.7 Å². The fourth-order valence-electron chi connectivity index (χ4n) is 2.54. The fraction of sp³-hybridized carbons (Fsp3) is 0.917. The number of hydrogen-bond acceptors (Lipinski definition) is 4. The number of morpholine rings is 1. The van der Waals surface area contributed by atoms with Gasteiger partial charge in [0.25, 0.3) is 0 Å². The average molecular weight is 242 g/mol. The first-order valence-corrected chi connectivity index (χ1v) is 6.42. The molecule has 3 unspecified atom stereocenters. The minimum absolute atomic E-state index is 0.0457. The van der Waals surface area contributed by atoms with Gasteiger partial charge in [-0.15, -0.1) is 0 Å². The highest BCUT2D eigenvalue weighted by Crippen LogP contribution is 2.24. The van der Waals surface area contributed by atoms with Gasteiger partial charge in [0.15, 0.2) is 0 Å². The van der Waals surface area contributed by atoms with Gasteiger partial charge >= 0.3 is 0 Å². The first kappa shape index (κ1) is 12.8. The maximum Gasteiger partial charge on any atom is 0.250 e. The lowest BCUT2D eigenvalue weighted by Crippen LogP contribution is -2.49. The Morgan fingerprint density at radius 1 is 1.53 bits per heavy atom. The monoisotopic (exact) mass is 242 g/mol. The van der Waals surface area contributed by atoms with Gasteiger partial charge in [0, 0.05) is 25.6 Å². The predicted molar refractivity (Wildman–Crippen MR) is 63.6 cm³/mol. The molecule has 0 spiro atoms. The van der Waals surface area contributed by atoms with Crippen molar-refractivity contribution in [2.45, 2.75) is 31.5 Å². The quantitative estimate of drug-likeness (QED) is 0.706. The molecule has 1 aliphatic carbocycles. The minimum atomic E-state index is -0.354. The van der Waals surface area contributed by atoms with Crippen LogP contribution in [-0.2, 0) is 9.53 Å². The van der Waals surface area contributed by atoms with E-state index in [-0.39, 0.29) is 24.0 Å². The number of rotatable bonds is 3. The lowest BCUT2D eigenvalue weighted by atomic mass is 10.1. The molecule has 5 nitrogen and oxygen atoms in total. The summed E-state index contributed by atoms with van der Waals surface area (Å²) in [5, 5.41) is 12.6. The Hall–Kier alpha value is -0.650. The molecular formula is C12H22N2O3. The molecule has 0 bridgehead atoms. The molecule has 0 radical (unpaired) electrons. The summed E-state index contributed by atoms with van der Waals surface area (Å²) >= 11 is 0. The first-order valence-electron chi connectivity index (χ1n) is 6.42. The zero-order valence-corrected chi connectivity index (χ0v) is 10.4. The summed E-state index contributed by atoms with van der Waals surface area (Å²) in [4.78, 5) is 14.0. The van der Waals surface area contributed by atoms with Gasteiger partial charge in [0.1, 0.15) is 6.10 Å². The molecule has 1 aliphatic heterocycles. The number of carbonyl (C=O) groups excluding carboxylic acids is 1. The van der Waals surface area contributed by atoms with Crippen molar-refractivity contribution < 1.29 is 14.6 Å². The Kier molecular flexibility index (Phi) is 4.36. The second-order valence-corrected chi connectivity index (χ2v) is 5.13. The first-order chi connectivity index (χ1) is 8.16. The number of hydrogen-bond donors (Lipinski definition) is 2. The summed E-state index contributed by atoms with van der Waals surface area (Å²) in [6, 6.07) is 0. The molecule has 1 heterocycles. The van der Waals surface area contributed by atoms with Crippen molar-refractivity contribution in [2.75, 3.05) is 33.3 Å². The van der Waals surface area contributed by atoms with Crippen LogP contribution in [0.3, 0.4) is 0 Å². The minimum Gasteiger partial charge on any atom is -0.393 e. The van der Waals surface area contributed by atoms with E-state index in [9.17, 15) is 9.90 Å². The summed E-state index contributed by atoms with van der Waals surface area (Å²) < 4.78 is 5.44. The van der Waals surface area contributed by atoms with Gasteiger partial charge in [0.05, 0.1) is 12.7 Å². The normalized spacial score (nSPS) is 34.8. The van der Waals surface area contributed by atoms with Crippen molar-refractivity contribution in [2.24, 2.45) is 5.92 Å². The van der Waals surface area contributed by atoms with Gasteiger partial charge in [-0.25, -0.2) is 0 Å². The van der Waals surface area contributed by atoms with Crippen LogP contribution >= 0.6 is 0 Å². The number of likely N-dealkylation sites (N-methyl/N-ethyl adjacent to an activating group) is 1. The van der Waals surface area contributed by atoms with E-state index in [1.165, 1.54) is 0 Å². The zero-order chi connectivity index (χ0) is 12.3. The van der Waals surface area contributed by atoms with Crippen LogP contribution in [0, 0.1) is 5.92 Å². The van der Waals surface area contributed by atoms with E-state index in [2.05, 4.69) is 10.2 Å². The van der Waals surface area contributed by atoms with Gasteiger partial charge < -0.3 is 20.1 Å². The standard InChI is InChI=1S/C12H22N2O3/c1-14-5-6-17-11(8-14)12(16)13-7-9-3-2-4-10(9)15/h9-11,15H,2-8H2,1H3,(H,13,16). The molecule has 1 amide bonds. The predicted octanol–water partition coefficient (Wildman–Crippen LogP) is -0.406. The number of amides is 1. The summed E-state index contributed by atoms with van der Waals surface area (Å²) in [7, 11) is 1.99. The lowest BCUT2D eigenvalue weighted by molar-refractivity contribution is -0.138. The Morgan fingerprint density at radius 3 is 3.00 bits per heavy atom. The molecule has 2 N–H and O–H groups in total. The second-order valence-electron chi connectivity index (χ2n) is 5.13. The van der Waals surface area contributed by atoms with Crippen molar-refractivity contribution in [1.29, 1.82) is 0 Å². The molecule has 1 saturated carbocycles. The zero-order valence-electron chi connectivity index (χ0n) is 10.4. The summed E-state index contributed by atoms with van der Waals surface area (Å²) in [6.45, 7) is 2.72. The Bertz CT molecular complexity index is 272. The van der Waals surface area contributed by atoms with E-state index in [1.807, 2.05) is 7.05 Å². The van der Waals surface area contributed by atoms with Crippen LogP contribution in [0.5, 0.6) is 0 Å². The average Bonchev–Trinajstić information content (AvgIpc) is 2.72. The third-order valence-corrected chi connectivity index (χ3v) is 3.72. The highest BCUT2D eigenvalue weighted by molar-refractivity contribution is 5.81. The second kappa shape index (κ2) is 5.80. The summed E-state index contributed by atoms with van der Waals surface area (Å²) in [6.07, 6.45) is 2.33. The highest BCUT2D eigenvalue weighted by atomic mass is 16.5. The van der Waals surface area contributed by atoms with E-state index in [0.717, 1.165) is 25.8 Å². The molecule has 0 aromatic rings. The fourth-order valence-corrected chi connectivity index (χ4v) is 2.54. The molecule has 5 heteroatoms. The molecule has 1 saturated heterocycles. The van der Waals surface area contributed by atoms with Crippen LogP contribution in [0.4, 0.5) is 0 Å². The number of carbonyl (C=O) groups is 1. The van der Waals surface area contributed by atoms with Crippen LogP contribution < -0.4 is 5.32 Å². The Labute approximate surface area is 102 Å². The maximum absolute atomic E-state index is 11.9. The molecular weight excluding hydrogens is 220 g/mol. The van der Waals surface area contributed by atoms with Gasteiger partial charge in [0.2, 0.25) is 5.91 Å². The number of nitrogens with zero attached hydrogens (tertiary/aromatic N) is 1. The molecule has 0 aromatic carbocycles. The Morgan fingerprint density at radius 2 is 2.35 bits per heavy atom. The van der Waals surface area contributed by atoms with Crippen molar-refractivity contribution >= 4 is 5.91 Å². The smallest absolute Gasteiger partial charge is 0.250 e. The van der Waals surface area contributed by atoms with Crippen LogP contribution in [0.2, 0.25) is 0 Å². The van der Waals surface area contributed by atoms with Crippen molar-refractivity contribution in [3.05, 3.63) is 0 Å². The van der Waals surface area contributed by atoms with Crippen molar-refractivity contribution in [1.82, 2.24) is 10.2 Å².